The van der Waals surface area contributed by atoms with Crippen LogP contribution in [0.5, 0.6) is 5.75 Å². The van der Waals surface area contributed by atoms with E-state index in [0.29, 0.717) is 17.9 Å². The number of carbonyl (C=O) groups excluding carboxylic acids is 2. The third-order valence-electron chi connectivity index (χ3n) is 6.02. The first-order chi connectivity index (χ1) is 17.1. The van der Waals surface area contributed by atoms with E-state index in [1.807, 2.05) is 60.7 Å². The summed E-state index contributed by atoms with van der Waals surface area (Å²) in [6.45, 7) is 0.556. The van der Waals surface area contributed by atoms with Gasteiger partial charge in [-0.2, -0.15) is 0 Å². The van der Waals surface area contributed by atoms with Crippen molar-refractivity contribution in [3.63, 3.8) is 0 Å². The molecule has 0 saturated heterocycles. The van der Waals surface area contributed by atoms with Crippen molar-refractivity contribution in [1.29, 1.82) is 0 Å². The maximum absolute atomic E-state index is 13.2. The molecule has 1 aliphatic rings. The van der Waals surface area contributed by atoms with Crippen LogP contribution in [0.3, 0.4) is 0 Å². The third kappa shape index (κ3) is 7.32. The molecule has 1 saturated carbocycles. The van der Waals surface area contributed by atoms with Gasteiger partial charge in [0.2, 0.25) is 5.91 Å². The smallest absolute Gasteiger partial charge is 0.408 e. The molecule has 2 amide bonds. The third-order valence-corrected chi connectivity index (χ3v) is 6.02. The highest BCUT2D eigenvalue weighted by molar-refractivity contribution is 5.87. The van der Waals surface area contributed by atoms with Crippen molar-refractivity contribution in [2.45, 2.75) is 50.6 Å². The minimum Gasteiger partial charge on any atom is -0.489 e. The second kappa shape index (κ2) is 12.0. The average molecular weight is 474 g/mol. The maximum Gasteiger partial charge on any atom is 0.408 e. The van der Waals surface area contributed by atoms with Gasteiger partial charge in [0.05, 0.1) is 0 Å². The van der Waals surface area contributed by atoms with E-state index >= 15 is 0 Å². The second-order valence-electron chi connectivity index (χ2n) is 8.76. The number of nitrogens with one attached hydrogen (secondary N) is 2. The van der Waals surface area contributed by atoms with Crippen LogP contribution in [0, 0.1) is 0 Å². The van der Waals surface area contributed by atoms with E-state index < -0.39 is 12.1 Å². The van der Waals surface area contributed by atoms with Crippen molar-refractivity contribution in [3.8, 4) is 5.75 Å². The Balaban J connectivity index is 1.41. The van der Waals surface area contributed by atoms with Crippen molar-refractivity contribution in [2.24, 2.45) is 5.73 Å². The Hall–Kier alpha value is -3.84. The standard InChI is InChI=1S/C28H31N3O4/c29-23-13-14-24(17-23)30-27(32)26(31-28(33)35-19-21-9-5-2-6-10-21)22-11-15-25(16-12-22)34-18-20-7-3-1-4-8-20/h1-12,15-16,23-24,26H,13-14,17-19,29H2,(H,30,32)(H,31,33)/t23-,24-,26-/m0/s1. The van der Waals surface area contributed by atoms with Crippen LogP contribution in [-0.2, 0) is 22.7 Å². The highest BCUT2D eigenvalue weighted by Crippen LogP contribution is 2.22. The first kappa shape index (κ1) is 24.3. The SMILES string of the molecule is N[C@H]1CC[C@H](NC(=O)[C@@H](NC(=O)OCc2ccccc2)c2ccc(OCc3ccccc3)cc2)C1. The van der Waals surface area contributed by atoms with E-state index in [9.17, 15) is 9.59 Å². The molecule has 7 heteroatoms. The molecule has 1 fully saturated rings. The summed E-state index contributed by atoms with van der Waals surface area (Å²) in [6, 6.07) is 25.6. The molecule has 0 bridgehead atoms. The van der Waals surface area contributed by atoms with Gasteiger partial charge in [0.1, 0.15) is 25.0 Å². The molecule has 0 spiro atoms. The van der Waals surface area contributed by atoms with Gasteiger partial charge in [-0.05, 0) is 48.1 Å². The van der Waals surface area contributed by atoms with Crippen LogP contribution < -0.4 is 21.1 Å². The lowest BCUT2D eigenvalue weighted by Gasteiger charge is -2.21. The van der Waals surface area contributed by atoms with E-state index in [2.05, 4.69) is 10.6 Å². The van der Waals surface area contributed by atoms with Gasteiger partial charge in [0, 0.05) is 12.1 Å². The van der Waals surface area contributed by atoms with Gasteiger partial charge < -0.3 is 25.8 Å². The molecule has 3 aromatic rings. The normalized spacial score (nSPS) is 17.9. The monoisotopic (exact) mass is 473 g/mol. The molecular weight excluding hydrogens is 442 g/mol. The van der Waals surface area contributed by atoms with Gasteiger partial charge in [-0.3, -0.25) is 4.79 Å². The lowest BCUT2D eigenvalue weighted by Crippen LogP contribution is -2.44. The predicted molar refractivity (Wildman–Crippen MR) is 133 cm³/mol. The summed E-state index contributed by atoms with van der Waals surface area (Å²) >= 11 is 0. The Labute approximate surface area is 205 Å². The molecule has 0 aromatic heterocycles. The van der Waals surface area contributed by atoms with Crippen molar-refractivity contribution in [2.75, 3.05) is 0 Å². The van der Waals surface area contributed by atoms with Crippen molar-refractivity contribution >= 4 is 12.0 Å². The van der Waals surface area contributed by atoms with Crippen LogP contribution in [-0.4, -0.2) is 24.1 Å². The number of rotatable bonds is 9. The Bertz CT molecular complexity index is 1090. The zero-order chi connectivity index (χ0) is 24.5. The quantitative estimate of drug-likeness (QED) is 0.432. The van der Waals surface area contributed by atoms with Crippen molar-refractivity contribution in [1.82, 2.24) is 10.6 Å². The van der Waals surface area contributed by atoms with Gasteiger partial charge in [-0.15, -0.1) is 0 Å². The minimum absolute atomic E-state index is 0.00406. The van der Waals surface area contributed by atoms with E-state index in [1.165, 1.54) is 0 Å². The Morgan fingerprint density at radius 2 is 1.49 bits per heavy atom. The summed E-state index contributed by atoms with van der Waals surface area (Å²) in [5.41, 5.74) is 8.55. The summed E-state index contributed by atoms with van der Waals surface area (Å²) in [5.74, 6) is 0.379. The zero-order valence-electron chi connectivity index (χ0n) is 19.6. The van der Waals surface area contributed by atoms with Gasteiger partial charge in [-0.25, -0.2) is 4.79 Å². The highest BCUT2D eigenvalue weighted by atomic mass is 16.5. The molecule has 7 nitrogen and oxygen atoms in total. The van der Waals surface area contributed by atoms with E-state index in [0.717, 1.165) is 30.4 Å². The lowest BCUT2D eigenvalue weighted by atomic mass is 10.1. The van der Waals surface area contributed by atoms with Crippen molar-refractivity contribution < 1.29 is 19.1 Å². The van der Waals surface area contributed by atoms with Crippen molar-refractivity contribution in [3.05, 3.63) is 102 Å². The molecule has 1 aliphatic carbocycles. The Morgan fingerprint density at radius 1 is 0.857 bits per heavy atom. The van der Waals surface area contributed by atoms with Crippen LogP contribution in [0.1, 0.15) is 42.0 Å². The Morgan fingerprint density at radius 3 is 2.09 bits per heavy atom. The molecule has 35 heavy (non-hydrogen) atoms. The van der Waals surface area contributed by atoms with Crippen LogP contribution >= 0.6 is 0 Å². The summed E-state index contributed by atoms with van der Waals surface area (Å²) in [7, 11) is 0. The Kier molecular flexibility index (Phi) is 8.35. The predicted octanol–water partition coefficient (Wildman–Crippen LogP) is 4.23. The van der Waals surface area contributed by atoms with E-state index in [4.69, 9.17) is 15.2 Å². The van der Waals surface area contributed by atoms with Gasteiger partial charge in [0.15, 0.2) is 0 Å². The molecule has 4 rings (SSSR count). The molecule has 4 N–H and O–H groups in total. The first-order valence-corrected chi connectivity index (χ1v) is 11.9. The summed E-state index contributed by atoms with van der Waals surface area (Å²) in [4.78, 5) is 25.7. The average Bonchev–Trinajstić information content (AvgIpc) is 3.30. The fourth-order valence-corrected chi connectivity index (χ4v) is 4.11. The molecule has 0 aliphatic heterocycles. The molecular formula is C28H31N3O4. The fraction of sp³-hybridized carbons (Fsp3) is 0.286. The summed E-state index contributed by atoms with van der Waals surface area (Å²) in [5, 5.41) is 5.75. The van der Waals surface area contributed by atoms with E-state index in [1.54, 1.807) is 24.3 Å². The number of benzene rings is 3. The second-order valence-corrected chi connectivity index (χ2v) is 8.76. The minimum atomic E-state index is -0.904. The van der Waals surface area contributed by atoms with Crippen LogP contribution in [0.2, 0.25) is 0 Å². The first-order valence-electron chi connectivity index (χ1n) is 11.9. The molecule has 3 atom stereocenters. The molecule has 182 valence electrons. The number of amides is 2. The summed E-state index contributed by atoms with van der Waals surface area (Å²) < 4.78 is 11.2. The zero-order valence-corrected chi connectivity index (χ0v) is 19.6. The van der Waals surface area contributed by atoms with Gasteiger partial charge >= 0.3 is 6.09 Å². The largest absolute Gasteiger partial charge is 0.489 e. The van der Waals surface area contributed by atoms with Crippen LogP contribution in [0.4, 0.5) is 4.79 Å². The topological polar surface area (TPSA) is 103 Å². The summed E-state index contributed by atoms with van der Waals surface area (Å²) in [6.07, 6.45) is 1.75. The molecule has 0 heterocycles. The number of carbonyl (C=O) groups is 2. The number of ether oxygens (including phenoxy) is 2. The number of hydrogen-bond donors (Lipinski definition) is 3. The number of nitrogens with two attached hydrogens (primary N) is 1. The maximum atomic E-state index is 13.2. The van der Waals surface area contributed by atoms with Crippen LogP contribution in [0.25, 0.3) is 0 Å². The lowest BCUT2D eigenvalue weighted by molar-refractivity contribution is -0.123. The number of hydrogen-bond acceptors (Lipinski definition) is 5. The van der Waals surface area contributed by atoms with Gasteiger partial charge in [0.25, 0.3) is 0 Å². The molecule has 0 unspecified atom stereocenters. The highest BCUT2D eigenvalue weighted by Gasteiger charge is 2.29. The van der Waals surface area contributed by atoms with Crippen LogP contribution in [0.15, 0.2) is 84.9 Å². The molecule has 0 radical (unpaired) electrons. The van der Waals surface area contributed by atoms with Gasteiger partial charge in [-0.1, -0.05) is 72.8 Å². The molecule has 3 aromatic carbocycles. The number of alkyl carbamates (subject to hydrolysis) is 1. The fourth-order valence-electron chi connectivity index (χ4n) is 4.11. The van der Waals surface area contributed by atoms with E-state index in [-0.39, 0.29) is 24.6 Å².